The zero-order chi connectivity index (χ0) is 30.2. The second-order valence-electron chi connectivity index (χ2n) is 10.2. The molecule has 0 aliphatic carbocycles. The minimum atomic E-state index is -0.180. The summed E-state index contributed by atoms with van der Waals surface area (Å²) in [5, 5.41) is 11.4. The lowest BCUT2D eigenvalue weighted by Crippen LogP contribution is -2.25. The van der Waals surface area contributed by atoms with Gasteiger partial charge in [0.2, 0.25) is 0 Å². The van der Waals surface area contributed by atoms with Crippen molar-refractivity contribution in [3.63, 3.8) is 0 Å². The smallest absolute Gasteiger partial charge is 0.193 e. The zero-order valence-corrected chi connectivity index (χ0v) is 24.6. The van der Waals surface area contributed by atoms with Crippen molar-refractivity contribution in [3.8, 4) is 23.0 Å². The Hall–Kier alpha value is -5.01. The van der Waals surface area contributed by atoms with Crippen LogP contribution in [0.3, 0.4) is 0 Å². The second-order valence-corrected chi connectivity index (χ2v) is 10.2. The topological polar surface area (TPSA) is 81.4 Å². The van der Waals surface area contributed by atoms with Crippen molar-refractivity contribution in [2.75, 3.05) is 27.9 Å². The molecule has 0 radical (unpaired) electrons. The number of methoxy groups -OCH3 is 3. The number of fused-ring (bicyclic) bond motifs is 1. The van der Waals surface area contributed by atoms with Gasteiger partial charge in [-0.2, -0.15) is 0 Å². The van der Waals surface area contributed by atoms with E-state index in [0.717, 1.165) is 29.8 Å². The van der Waals surface area contributed by atoms with E-state index in [1.807, 2.05) is 66.7 Å². The molecule has 0 atom stereocenters. The summed E-state index contributed by atoms with van der Waals surface area (Å²) in [5.41, 5.74) is 3.94. The van der Waals surface area contributed by atoms with E-state index < -0.39 is 0 Å². The highest BCUT2D eigenvalue weighted by atomic mass is 16.5. The first-order valence-electron chi connectivity index (χ1n) is 14.1. The van der Waals surface area contributed by atoms with E-state index in [0.29, 0.717) is 46.9 Å². The molecule has 0 bridgehead atoms. The van der Waals surface area contributed by atoms with Crippen LogP contribution in [0.4, 0.5) is 0 Å². The molecule has 1 aromatic heterocycles. The molecule has 0 unspecified atom stereocenters. The van der Waals surface area contributed by atoms with Gasteiger partial charge < -0.3 is 23.7 Å². The number of hydrogen-bond donors (Lipinski definition) is 1. The minimum Gasteiger partial charge on any atom is -0.507 e. The maximum atomic E-state index is 13.2. The lowest BCUT2D eigenvalue weighted by atomic mass is 10.1. The summed E-state index contributed by atoms with van der Waals surface area (Å²) in [6.07, 6.45) is 4.40. The van der Waals surface area contributed by atoms with Crippen molar-refractivity contribution in [2.45, 2.75) is 19.5 Å². The van der Waals surface area contributed by atoms with Gasteiger partial charge in [0.15, 0.2) is 16.9 Å². The summed E-state index contributed by atoms with van der Waals surface area (Å²) >= 11 is 0. The van der Waals surface area contributed by atoms with Gasteiger partial charge in [0.1, 0.15) is 22.8 Å². The van der Waals surface area contributed by atoms with E-state index in [1.54, 1.807) is 39.5 Å². The van der Waals surface area contributed by atoms with E-state index in [-0.39, 0.29) is 11.2 Å². The molecule has 5 aromatic rings. The van der Waals surface area contributed by atoms with Crippen LogP contribution in [-0.4, -0.2) is 37.9 Å². The molecule has 0 aliphatic heterocycles. The summed E-state index contributed by atoms with van der Waals surface area (Å²) in [6.45, 7) is 1.75. The number of benzene rings is 4. The van der Waals surface area contributed by atoms with E-state index in [4.69, 9.17) is 18.6 Å². The first-order valence-corrected chi connectivity index (χ1v) is 14.1. The maximum Gasteiger partial charge on any atom is 0.193 e. The number of ether oxygens (including phenoxy) is 3. The van der Waals surface area contributed by atoms with Crippen molar-refractivity contribution in [2.24, 2.45) is 0 Å². The maximum absolute atomic E-state index is 13.2. The van der Waals surface area contributed by atoms with Gasteiger partial charge in [-0.1, -0.05) is 54.6 Å². The van der Waals surface area contributed by atoms with Gasteiger partial charge in [0, 0.05) is 25.7 Å². The van der Waals surface area contributed by atoms with Crippen LogP contribution in [0.25, 0.3) is 23.1 Å². The molecule has 7 heteroatoms. The number of nitrogens with zero attached hydrogens (tertiary/aromatic N) is 1. The molecule has 7 nitrogen and oxygen atoms in total. The summed E-state index contributed by atoms with van der Waals surface area (Å²) in [7, 11) is 4.82. The average Bonchev–Trinajstić information content (AvgIpc) is 3.04. The molecule has 1 N–H and O–H groups in total. The standard InChI is InChI=1S/C36H35NO6/c1-40-28-13-10-27(11-14-28)23-37(20-19-25-7-5-4-6-8-25)24-31-32(38)17-16-30-33(39)22-29(43-36(30)31)15-9-26-12-18-34(41-2)35(21-26)42-3/h4-18,21-22,38H,19-20,23-24H2,1-3H3/b15-9+. The van der Waals surface area contributed by atoms with Crippen LogP contribution in [0.2, 0.25) is 0 Å². The largest absolute Gasteiger partial charge is 0.507 e. The first kappa shape index (κ1) is 29.5. The summed E-state index contributed by atoms with van der Waals surface area (Å²) < 4.78 is 22.3. The molecular weight excluding hydrogens is 542 g/mol. The zero-order valence-electron chi connectivity index (χ0n) is 24.6. The van der Waals surface area contributed by atoms with Crippen molar-refractivity contribution in [1.82, 2.24) is 4.90 Å². The molecule has 1 heterocycles. The Labute approximate surface area is 251 Å². The molecule has 0 saturated carbocycles. The Kier molecular flexibility index (Phi) is 9.44. The highest BCUT2D eigenvalue weighted by molar-refractivity contribution is 5.83. The molecule has 0 aliphatic rings. The summed E-state index contributed by atoms with van der Waals surface area (Å²) in [4.78, 5) is 15.4. The van der Waals surface area contributed by atoms with Crippen LogP contribution in [0.5, 0.6) is 23.0 Å². The third-order valence-corrected chi connectivity index (χ3v) is 7.35. The number of phenolic OH excluding ortho intramolecular Hbond substituents is 1. The molecule has 220 valence electrons. The van der Waals surface area contributed by atoms with Crippen molar-refractivity contribution >= 4 is 23.1 Å². The van der Waals surface area contributed by atoms with E-state index >= 15 is 0 Å². The summed E-state index contributed by atoms with van der Waals surface area (Å²) in [5.74, 6) is 2.48. The van der Waals surface area contributed by atoms with Gasteiger partial charge in [0.25, 0.3) is 0 Å². The monoisotopic (exact) mass is 577 g/mol. The second kappa shape index (κ2) is 13.8. The predicted molar refractivity (Wildman–Crippen MR) is 170 cm³/mol. The van der Waals surface area contributed by atoms with Crippen LogP contribution in [0.1, 0.15) is 28.0 Å². The fourth-order valence-corrected chi connectivity index (χ4v) is 5.01. The lowest BCUT2D eigenvalue weighted by molar-refractivity contribution is 0.256. The SMILES string of the molecule is COc1ccc(CN(CCc2ccccc2)Cc2c(O)ccc3c(=O)cc(/C=C/c4ccc(OC)c(OC)c4)oc23)cc1. The van der Waals surface area contributed by atoms with Gasteiger partial charge in [-0.15, -0.1) is 0 Å². The van der Waals surface area contributed by atoms with Gasteiger partial charge in [-0.3, -0.25) is 9.69 Å². The normalized spacial score (nSPS) is 11.3. The van der Waals surface area contributed by atoms with Crippen molar-refractivity contribution < 1.29 is 23.7 Å². The van der Waals surface area contributed by atoms with E-state index in [9.17, 15) is 9.90 Å². The van der Waals surface area contributed by atoms with Crippen LogP contribution < -0.4 is 19.6 Å². The third-order valence-electron chi connectivity index (χ3n) is 7.35. The number of rotatable bonds is 12. The Bertz CT molecular complexity index is 1760. The molecule has 4 aromatic carbocycles. The molecule has 0 saturated heterocycles. The first-order chi connectivity index (χ1) is 21.0. The van der Waals surface area contributed by atoms with E-state index in [1.165, 1.54) is 11.6 Å². The summed E-state index contributed by atoms with van der Waals surface area (Å²) in [6, 6.07) is 28.4. The Morgan fingerprint density at radius 2 is 1.53 bits per heavy atom. The lowest BCUT2D eigenvalue weighted by Gasteiger charge is -2.24. The highest BCUT2D eigenvalue weighted by Gasteiger charge is 2.17. The molecule has 5 rings (SSSR count). The Morgan fingerprint density at radius 3 is 2.26 bits per heavy atom. The van der Waals surface area contributed by atoms with Crippen molar-refractivity contribution in [3.05, 3.63) is 129 Å². The third kappa shape index (κ3) is 7.26. The van der Waals surface area contributed by atoms with Crippen LogP contribution >= 0.6 is 0 Å². The van der Waals surface area contributed by atoms with Gasteiger partial charge in [-0.05, 0) is 65.6 Å². The highest BCUT2D eigenvalue weighted by Crippen LogP contribution is 2.30. The molecule has 43 heavy (non-hydrogen) atoms. The Balaban J connectivity index is 1.47. The van der Waals surface area contributed by atoms with Gasteiger partial charge >= 0.3 is 0 Å². The quantitative estimate of drug-likeness (QED) is 0.172. The molecular formula is C36H35NO6. The Morgan fingerprint density at radius 1 is 0.767 bits per heavy atom. The molecule has 0 amide bonds. The fraction of sp³-hybridized carbons (Fsp3) is 0.194. The van der Waals surface area contributed by atoms with Crippen LogP contribution in [0, 0.1) is 0 Å². The number of phenols is 1. The van der Waals surface area contributed by atoms with Gasteiger partial charge in [0.05, 0.1) is 32.3 Å². The van der Waals surface area contributed by atoms with Crippen LogP contribution in [-0.2, 0) is 19.5 Å². The van der Waals surface area contributed by atoms with Crippen LogP contribution in [0.15, 0.2) is 100 Å². The van der Waals surface area contributed by atoms with Gasteiger partial charge in [-0.25, -0.2) is 0 Å². The van der Waals surface area contributed by atoms with E-state index in [2.05, 4.69) is 17.0 Å². The molecule has 0 fully saturated rings. The average molecular weight is 578 g/mol. The van der Waals surface area contributed by atoms with Crippen molar-refractivity contribution in [1.29, 1.82) is 0 Å². The minimum absolute atomic E-state index is 0.0797. The fourth-order valence-electron chi connectivity index (χ4n) is 5.01. The number of hydrogen-bond acceptors (Lipinski definition) is 7. The number of aromatic hydroxyl groups is 1. The predicted octanol–water partition coefficient (Wildman–Crippen LogP) is 6.94. The molecule has 0 spiro atoms.